The molecule has 0 atom stereocenters. The smallest absolute Gasteiger partial charge is 0.259 e. The van der Waals surface area contributed by atoms with Crippen LogP contribution in [0, 0.1) is 20.8 Å². The summed E-state index contributed by atoms with van der Waals surface area (Å²) in [7, 11) is 0. The fourth-order valence-corrected chi connectivity index (χ4v) is 4.14. The zero-order valence-corrected chi connectivity index (χ0v) is 19.9. The first-order valence-corrected chi connectivity index (χ1v) is 11.4. The Morgan fingerprint density at radius 3 is 2.55 bits per heavy atom. The fraction of sp³-hybridized carbons (Fsp3) is 0.440. The van der Waals surface area contributed by atoms with E-state index in [1.807, 2.05) is 63.8 Å². The Labute approximate surface area is 193 Å². The van der Waals surface area contributed by atoms with Crippen LogP contribution in [0.4, 0.5) is 5.69 Å². The van der Waals surface area contributed by atoms with Gasteiger partial charge in [-0.15, -0.1) is 0 Å². The van der Waals surface area contributed by atoms with Crippen molar-refractivity contribution >= 4 is 28.6 Å². The van der Waals surface area contributed by atoms with Gasteiger partial charge in [0.15, 0.2) is 0 Å². The molecule has 1 aliphatic rings. The zero-order valence-electron chi connectivity index (χ0n) is 19.9. The van der Waals surface area contributed by atoms with Crippen LogP contribution in [0.1, 0.15) is 52.6 Å². The quantitative estimate of drug-likeness (QED) is 0.639. The number of hydrogen-bond donors (Lipinski definition) is 1. The number of pyridine rings is 1. The first-order valence-electron chi connectivity index (χ1n) is 11.4. The van der Waals surface area contributed by atoms with Crippen molar-refractivity contribution in [3.63, 3.8) is 0 Å². The first kappa shape index (κ1) is 22.9. The number of benzene rings is 1. The summed E-state index contributed by atoms with van der Waals surface area (Å²) in [6.45, 7) is 12.6. The molecule has 1 aromatic carbocycles. The third-order valence-corrected chi connectivity index (χ3v) is 6.36. The summed E-state index contributed by atoms with van der Waals surface area (Å²) in [6.07, 6.45) is 0. The van der Waals surface area contributed by atoms with Crippen LogP contribution in [0.25, 0.3) is 11.1 Å². The van der Waals surface area contributed by atoms with E-state index in [1.54, 1.807) is 0 Å². The summed E-state index contributed by atoms with van der Waals surface area (Å²) < 4.78 is 5.36. The van der Waals surface area contributed by atoms with E-state index in [9.17, 15) is 9.59 Å². The number of rotatable bonds is 5. The molecule has 3 heterocycles. The lowest BCUT2D eigenvalue weighted by Crippen LogP contribution is -2.50. The zero-order chi connectivity index (χ0) is 23.7. The molecule has 1 aliphatic heterocycles. The number of amides is 2. The number of anilines is 1. The van der Waals surface area contributed by atoms with E-state index in [2.05, 4.69) is 20.4 Å². The number of carbonyl (C=O) groups is 2. The monoisotopic (exact) mass is 449 g/mol. The SMILES string of the molecule is Cc1cccc(NC(=O)CN2CCN(C(=O)c3cc(C(C)C)nc4onc(C)c34)CC2)c1C. The highest BCUT2D eigenvalue weighted by Crippen LogP contribution is 2.26. The predicted molar refractivity (Wildman–Crippen MR) is 128 cm³/mol. The van der Waals surface area contributed by atoms with Gasteiger partial charge >= 0.3 is 0 Å². The highest BCUT2D eigenvalue weighted by atomic mass is 16.5. The Morgan fingerprint density at radius 2 is 1.85 bits per heavy atom. The molecule has 1 N–H and O–H groups in total. The summed E-state index contributed by atoms with van der Waals surface area (Å²) in [5.41, 5.74) is 5.54. The van der Waals surface area contributed by atoms with Gasteiger partial charge in [0.2, 0.25) is 5.91 Å². The van der Waals surface area contributed by atoms with Crippen LogP contribution in [-0.4, -0.2) is 64.5 Å². The van der Waals surface area contributed by atoms with Crippen molar-refractivity contribution < 1.29 is 14.1 Å². The molecule has 0 aliphatic carbocycles. The highest BCUT2D eigenvalue weighted by Gasteiger charge is 2.27. The van der Waals surface area contributed by atoms with Crippen molar-refractivity contribution in [1.82, 2.24) is 19.9 Å². The summed E-state index contributed by atoms with van der Waals surface area (Å²) in [6, 6.07) is 7.76. The third kappa shape index (κ3) is 4.75. The molecule has 33 heavy (non-hydrogen) atoms. The molecular weight excluding hydrogens is 418 g/mol. The molecule has 0 radical (unpaired) electrons. The van der Waals surface area contributed by atoms with Crippen molar-refractivity contribution in [2.45, 2.75) is 40.5 Å². The van der Waals surface area contributed by atoms with Crippen molar-refractivity contribution in [2.24, 2.45) is 0 Å². The van der Waals surface area contributed by atoms with Crippen molar-refractivity contribution in [3.05, 3.63) is 52.3 Å². The number of carbonyl (C=O) groups excluding carboxylic acids is 2. The van der Waals surface area contributed by atoms with Gasteiger partial charge in [0.25, 0.3) is 11.6 Å². The lowest BCUT2D eigenvalue weighted by atomic mass is 10.0. The van der Waals surface area contributed by atoms with Crippen molar-refractivity contribution in [3.8, 4) is 0 Å². The number of hydrogen-bond acceptors (Lipinski definition) is 6. The second kappa shape index (κ2) is 9.31. The molecule has 2 aromatic heterocycles. The Balaban J connectivity index is 1.41. The molecule has 0 bridgehead atoms. The Morgan fingerprint density at radius 1 is 1.12 bits per heavy atom. The number of nitrogens with zero attached hydrogens (tertiary/aromatic N) is 4. The normalized spacial score (nSPS) is 14.8. The van der Waals surface area contributed by atoms with Gasteiger partial charge in [0.1, 0.15) is 0 Å². The summed E-state index contributed by atoms with van der Waals surface area (Å²) in [5, 5.41) is 7.71. The number of aromatic nitrogens is 2. The second-order valence-electron chi connectivity index (χ2n) is 9.06. The van der Waals surface area contributed by atoms with E-state index in [-0.39, 0.29) is 17.7 Å². The molecule has 2 amide bonds. The van der Waals surface area contributed by atoms with Gasteiger partial charge < -0.3 is 14.7 Å². The average molecular weight is 450 g/mol. The van der Waals surface area contributed by atoms with Crippen LogP contribution in [0.2, 0.25) is 0 Å². The maximum atomic E-state index is 13.4. The molecule has 8 nitrogen and oxygen atoms in total. The minimum Gasteiger partial charge on any atom is -0.336 e. The van der Waals surface area contributed by atoms with Gasteiger partial charge in [-0.25, -0.2) is 4.98 Å². The van der Waals surface area contributed by atoms with Gasteiger partial charge in [-0.1, -0.05) is 31.1 Å². The molecule has 0 unspecified atom stereocenters. The Kier molecular flexibility index (Phi) is 6.47. The van der Waals surface area contributed by atoms with Crippen LogP contribution in [-0.2, 0) is 4.79 Å². The van der Waals surface area contributed by atoms with Crippen LogP contribution in [0.15, 0.2) is 28.8 Å². The van der Waals surface area contributed by atoms with Gasteiger partial charge in [0, 0.05) is 37.6 Å². The van der Waals surface area contributed by atoms with Crippen molar-refractivity contribution in [2.75, 3.05) is 38.0 Å². The van der Waals surface area contributed by atoms with E-state index in [4.69, 9.17) is 4.52 Å². The molecule has 4 rings (SSSR count). The molecule has 1 saturated heterocycles. The number of fused-ring (bicyclic) bond motifs is 1. The lowest BCUT2D eigenvalue weighted by molar-refractivity contribution is -0.117. The number of piperazine rings is 1. The minimum atomic E-state index is -0.0462. The lowest BCUT2D eigenvalue weighted by Gasteiger charge is -2.34. The van der Waals surface area contributed by atoms with E-state index < -0.39 is 0 Å². The minimum absolute atomic E-state index is 0.0407. The predicted octanol–water partition coefficient (Wildman–Crippen LogP) is 3.67. The summed E-state index contributed by atoms with van der Waals surface area (Å²) in [5.74, 6) is 0.0785. The number of aryl methyl sites for hydroxylation is 2. The van der Waals surface area contributed by atoms with E-state index in [0.29, 0.717) is 55.1 Å². The number of nitrogens with one attached hydrogen (secondary N) is 1. The summed E-state index contributed by atoms with van der Waals surface area (Å²) >= 11 is 0. The van der Waals surface area contributed by atoms with Crippen LogP contribution < -0.4 is 5.32 Å². The van der Waals surface area contributed by atoms with E-state index >= 15 is 0 Å². The Bertz CT molecular complexity index is 1190. The second-order valence-corrected chi connectivity index (χ2v) is 9.06. The highest BCUT2D eigenvalue weighted by molar-refractivity contribution is 6.06. The van der Waals surface area contributed by atoms with Gasteiger partial charge in [-0.05, 0) is 49.9 Å². The van der Waals surface area contributed by atoms with Gasteiger partial charge in [-0.3, -0.25) is 14.5 Å². The maximum absolute atomic E-state index is 13.4. The largest absolute Gasteiger partial charge is 0.336 e. The van der Waals surface area contributed by atoms with Crippen molar-refractivity contribution in [1.29, 1.82) is 0 Å². The molecule has 0 spiro atoms. The Hall–Kier alpha value is -3.26. The molecule has 0 saturated carbocycles. The first-order chi connectivity index (χ1) is 15.7. The van der Waals surface area contributed by atoms with Gasteiger partial charge in [0.05, 0.1) is 23.2 Å². The molecule has 174 valence electrons. The molecular formula is C25H31N5O3. The fourth-order valence-electron chi connectivity index (χ4n) is 4.14. The van der Waals surface area contributed by atoms with Gasteiger partial charge in [-0.2, -0.15) is 0 Å². The molecule has 3 aromatic rings. The molecule has 8 heteroatoms. The third-order valence-electron chi connectivity index (χ3n) is 6.36. The topological polar surface area (TPSA) is 91.6 Å². The van der Waals surface area contributed by atoms with Crippen LogP contribution in [0.5, 0.6) is 0 Å². The molecule has 1 fully saturated rings. The standard InChI is InChI=1S/C25H31N5O3/c1-15(2)21-13-19(23-18(5)28-33-24(23)27-21)25(32)30-11-9-29(10-12-30)14-22(31)26-20-8-6-7-16(3)17(20)4/h6-8,13,15H,9-12,14H2,1-5H3,(H,26,31). The van der Waals surface area contributed by atoms with E-state index in [1.165, 1.54) is 0 Å². The maximum Gasteiger partial charge on any atom is 0.259 e. The average Bonchev–Trinajstić information content (AvgIpc) is 3.17. The van der Waals surface area contributed by atoms with Crippen LogP contribution in [0.3, 0.4) is 0 Å². The van der Waals surface area contributed by atoms with E-state index in [0.717, 1.165) is 22.5 Å². The summed E-state index contributed by atoms with van der Waals surface area (Å²) in [4.78, 5) is 34.4. The van der Waals surface area contributed by atoms with Crippen LogP contribution >= 0.6 is 0 Å².